The lowest BCUT2D eigenvalue weighted by Crippen LogP contribution is -2.44. The number of nitrogens with zero attached hydrogens (tertiary/aromatic N) is 3. The van der Waals surface area contributed by atoms with Gasteiger partial charge >= 0.3 is 0 Å². The number of aromatic nitrogens is 3. The van der Waals surface area contributed by atoms with E-state index in [4.69, 9.17) is 11.6 Å². The van der Waals surface area contributed by atoms with Crippen LogP contribution in [0.2, 0.25) is 5.02 Å². The Bertz CT molecular complexity index is 1030. The molecule has 0 unspecified atom stereocenters. The number of carbonyl (C=O) groups excluding carboxylic acids is 1. The lowest BCUT2D eigenvalue weighted by Gasteiger charge is -2.28. The smallest absolute Gasteiger partial charge is 0.230 e. The van der Waals surface area contributed by atoms with Gasteiger partial charge in [-0.25, -0.2) is 4.98 Å². The molecule has 4 rings (SSSR count). The SMILES string of the molecule is Cc1ccc(Nc2ccc(NCCNC(=O)C3(c4ccc(Cl)cc4)CCCC3)nn2)nc1. The number of rotatable bonds is 8. The van der Waals surface area contributed by atoms with Crippen molar-refractivity contribution in [1.29, 1.82) is 0 Å². The summed E-state index contributed by atoms with van der Waals surface area (Å²) in [5, 5.41) is 18.4. The molecule has 3 N–H and O–H groups in total. The third-order valence-corrected chi connectivity index (χ3v) is 6.09. The second kappa shape index (κ2) is 9.96. The number of pyridine rings is 1. The van der Waals surface area contributed by atoms with E-state index < -0.39 is 5.41 Å². The number of hydrogen-bond acceptors (Lipinski definition) is 6. The van der Waals surface area contributed by atoms with Crippen LogP contribution in [0.5, 0.6) is 0 Å². The third-order valence-electron chi connectivity index (χ3n) is 5.84. The molecule has 2 heterocycles. The maximum atomic E-state index is 13.1. The highest BCUT2D eigenvalue weighted by atomic mass is 35.5. The first-order valence-electron chi connectivity index (χ1n) is 10.9. The van der Waals surface area contributed by atoms with Crippen molar-refractivity contribution in [3.05, 3.63) is 70.9 Å². The standard InChI is InChI=1S/C24H27ClN6O/c1-17-4-9-20(28-16-17)29-22-11-10-21(30-31-22)26-14-15-27-23(32)24(12-2-3-13-24)18-5-7-19(25)8-6-18/h4-11,16H,2-3,12-15H2,1H3,(H,26,30)(H,27,32)(H,28,29,31). The monoisotopic (exact) mass is 450 g/mol. The second-order valence-corrected chi connectivity index (χ2v) is 8.56. The Morgan fingerprint density at radius 1 is 0.938 bits per heavy atom. The van der Waals surface area contributed by atoms with Crippen LogP contribution in [0.4, 0.5) is 17.5 Å². The van der Waals surface area contributed by atoms with Gasteiger partial charge in [0.15, 0.2) is 5.82 Å². The van der Waals surface area contributed by atoms with E-state index in [2.05, 4.69) is 31.1 Å². The molecule has 166 valence electrons. The van der Waals surface area contributed by atoms with Gasteiger partial charge in [0.05, 0.1) is 5.41 Å². The molecule has 7 nitrogen and oxygen atoms in total. The van der Waals surface area contributed by atoms with E-state index in [-0.39, 0.29) is 5.91 Å². The second-order valence-electron chi connectivity index (χ2n) is 8.13. The van der Waals surface area contributed by atoms with Gasteiger partial charge in [0.1, 0.15) is 11.6 Å². The van der Waals surface area contributed by atoms with Crippen LogP contribution in [0.3, 0.4) is 0 Å². The molecule has 32 heavy (non-hydrogen) atoms. The lowest BCUT2D eigenvalue weighted by molar-refractivity contribution is -0.126. The summed E-state index contributed by atoms with van der Waals surface area (Å²) < 4.78 is 0. The molecule has 3 aromatic rings. The molecule has 0 radical (unpaired) electrons. The fourth-order valence-electron chi connectivity index (χ4n) is 4.10. The van der Waals surface area contributed by atoms with Crippen LogP contribution in [0.1, 0.15) is 36.8 Å². The van der Waals surface area contributed by atoms with Crippen LogP contribution >= 0.6 is 11.6 Å². The molecule has 0 saturated heterocycles. The highest BCUT2D eigenvalue weighted by molar-refractivity contribution is 6.30. The lowest BCUT2D eigenvalue weighted by atomic mass is 9.78. The maximum Gasteiger partial charge on any atom is 0.230 e. The molecule has 2 aromatic heterocycles. The van der Waals surface area contributed by atoms with E-state index in [9.17, 15) is 4.79 Å². The molecule has 1 amide bonds. The van der Waals surface area contributed by atoms with Crippen LogP contribution < -0.4 is 16.0 Å². The molecule has 1 aliphatic rings. The number of hydrogen-bond donors (Lipinski definition) is 3. The fraction of sp³-hybridized carbons (Fsp3) is 0.333. The van der Waals surface area contributed by atoms with Crippen molar-refractivity contribution in [2.75, 3.05) is 23.7 Å². The van der Waals surface area contributed by atoms with E-state index >= 15 is 0 Å². The van der Waals surface area contributed by atoms with E-state index in [0.29, 0.717) is 29.7 Å². The van der Waals surface area contributed by atoms with Gasteiger partial charge < -0.3 is 16.0 Å². The molecule has 0 spiro atoms. The summed E-state index contributed by atoms with van der Waals surface area (Å²) in [6.45, 7) is 3.05. The van der Waals surface area contributed by atoms with Gasteiger partial charge in [0, 0.05) is 24.3 Å². The predicted molar refractivity (Wildman–Crippen MR) is 127 cm³/mol. The molecule has 0 bridgehead atoms. The molecule has 8 heteroatoms. The van der Waals surface area contributed by atoms with Gasteiger partial charge in [0.2, 0.25) is 5.91 Å². The quantitative estimate of drug-likeness (QED) is 0.434. The Hall–Kier alpha value is -3.19. The van der Waals surface area contributed by atoms with Crippen LogP contribution in [0.15, 0.2) is 54.7 Å². The number of nitrogens with one attached hydrogen (secondary N) is 3. The van der Waals surface area contributed by atoms with E-state index in [1.54, 1.807) is 6.20 Å². The zero-order valence-corrected chi connectivity index (χ0v) is 18.8. The number of halogens is 1. The molecule has 0 atom stereocenters. The first kappa shape index (κ1) is 22.0. The minimum absolute atomic E-state index is 0.0790. The molecule has 1 aliphatic carbocycles. The summed E-state index contributed by atoms with van der Waals surface area (Å²) in [5.74, 6) is 2.06. The van der Waals surface area contributed by atoms with Crippen LogP contribution in [-0.2, 0) is 10.2 Å². The molecule has 1 saturated carbocycles. The zero-order chi connectivity index (χ0) is 22.4. The first-order chi connectivity index (χ1) is 15.5. The van der Waals surface area contributed by atoms with Gasteiger partial charge in [-0.15, -0.1) is 10.2 Å². The summed E-state index contributed by atoms with van der Waals surface area (Å²) >= 11 is 6.03. The first-order valence-corrected chi connectivity index (χ1v) is 11.2. The molecular weight excluding hydrogens is 424 g/mol. The van der Waals surface area contributed by atoms with Crippen molar-refractivity contribution in [2.24, 2.45) is 0 Å². The van der Waals surface area contributed by atoms with Crippen LogP contribution in [0, 0.1) is 6.92 Å². The average molecular weight is 451 g/mol. The molecule has 1 fully saturated rings. The number of anilines is 3. The minimum Gasteiger partial charge on any atom is -0.367 e. The number of aryl methyl sites for hydroxylation is 1. The maximum absolute atomic E-state index is 13.1. The van der Waals surface area contributed by atoms with Gasteiger partial charge in [-0.05, 0) is 61.2 Å². The topological polar surface area (TPSA) is 91.8 Å². The van der Waals surface area contributed by atoms with Gasteiger partial charge in [-0.3, -0.25) is 4.79 Å². The summed E-state index contributed by atoms with van der Waals surface area (Å²) in [5.41, 5.74) is 1.68. The minimum atomic E-state index is -0.457. The van der Waals surface area contributed by atoms with Crippen LogP contribution in [-0.4, -0.2) is 34.2 Å². The largest absolute Gasteiger partial charge is 0.367 e. The Morgan fingerprint density at radius 2 is 1.62 bits per heavy atom. The van der Waals surface area contributed by atoms with Crippen molar-refractivity contribution in [3.8, 4) is 0 Å². The summed E-state index contributed by atoms with van der Waals surface area (Å²) in [6.07, 6.45) is 5.64. The summed E-state index contributed by atoms with van der Waals surface area (Å²) in [7, 11) is 0. The van der Waals surface area contributed by atoms with Gasteiger partial charge in [-0.1, -0.05) is 42.6 Å². The highest BCUT2D eigenvalue weighted by Crippen LogP contribution is 2.41. The Labute approximate surface area is 193 Å². The number of benzene rings is 1. The molecule has 1 aromatic carbocycles. The van der Waals surface area contributed by atoms with Crippen molar-refractivity contribution < 1.29 is 4.79 Å². The summed E-state index contributed by atoms with van der Waals surface area (Å²) in [6, 6.07) is 15.2. The summed E-state index contributed by atoms with van der Waals surface area (Å²) in [4.78, 5) is 17.4. The van der Waals surface area contributed by atoms with Crippen molar-refractivity contribution in [2.45, 2.75) is 38.0 Å². The average Bonchev–Trinajstić information content (AvgIpc) is 3.31. The number of amides is 1. The molecular formula is C24H27ClN6O. The Balaban J connectivity index is 1.27. The van der Waals surface area contributed by atoms with Crippen LogP contribution in [0.25, 0.3) is 0 Å². The van der Waals surface area contributed by atoms with E-state index in [1.807, 2.05) is 55.5 Å². The third kappa shape index (κ3) is 5.16. The van der Waals surface area contributed by atoms with Gasteiger partial charge in [-0.2, -0.15) is 0 Å². The van der Waals surface area contributed by atoms with E-state index in [1.165, 1.54) is 0 Å². The van der Waals surface area contributed by atoms with Crippen molar-refractivity contribution >= 4 is 35.0 Å². The fourth-order valence-corrected chi connectivity index (χ4v) is 4.22. The Kier molecular flexibility index (Phi) is 6.85. The van der Waals surface area contributed by atoms with E-state index in [0.717, 1.165) is 42.6 Å². The molecule has 0 aliphatic heterocycles. The number of carbonyl (C=O) groups is 1. The zero-order valence-electron chi connectivity index (χ0n) is 18.1. The van der Waals surface area contributed by atoms with Crippen molar-refractivity contribution in [3.63, 3.8) is 0 Å². The predicted octanol–water partition coefficient (Wildman–Crippen LogP) is 4.62. The van der Waals surface area contributed by atoms with Gasteiger partial charge in [0.25, 0.3) is 0 Å². The highest BCUT2D eigenvalue weighted by Gasteiger charge is 2.42. The Morgan fingerprint density at radius 3 is 2.28 bits per heavy atom. The van der Waals surface area contributed by atoms with Crippen molar-refractivity contribution in [1.82, 2.24) is 20.5 Å². The normalized spacial score (nSPS) is 14.7.